The summed E-state index contributed by atoms with van der Waals surface area (Å²) in [5.74, 6) is 0.476. The van der Waals surface area contributed by atoms with Gasteiger partial charge in [0.2, 0.25) is 11.9 Å². The molecule has 1 fully saturated rings. The van der Waals surface area contributed by atoms with E-state index >= 15 is 0 Å². The first-order chi connectivity index (χ1) is 12.8. The third-order valence-electron chi connectivity index (χ3n) is 4.67. The number of hydrogen-bond acceptors (Lipinski definition) is 4. The SMILES string of the molecule is Cn1c(N2CCN(c3ccc(C(F)(F)F)cc3)C(=O)C2)nc2cnccc21. The first-order valence-electron chi connectivity index (χ1n) is 8.33. The lowest BCUT2D eigenvalue weighted by molar-refractivity contribution is -0.137. The van der Waals surface area contributed by atoms with Crippen molar-refractivity contribution in [1.29, 1.82) is 0 Å². The number of imidazole rings is 1. The summed E-state index contributed by atoms with van der Waals surface area (Å²) in [7, 11) is 1.87. The molecular weight excluding hydrogens is 359 g/mol. The summed E-state index contributed by atoms with van der Waals surface area (Å²) < 4.78 is 40.0. The quantitative estimate of drug-likeness (QED) is 0.691. The van der Waals surface area contributed by atoms with Crippen LogP contribution >= 0.6 is 0 Å². The van der Waals surface area contributed by atoms with Gasteiger partial charge in [-0.2, -0.15) is 13.2 Å². The molecule has 1 saturated heterocycles. The molecule has 3 aromatic rings. The fourth-order valence-electron chi connectivity index (χ4n) is 3.27. The Morgan fingerprint density at radius 3 is 2.44 bits per heavy atom. The van der Waals surface area contributed by atoms with E-state index in [1.54, 1.807) is 12.4 Å². The molecule has 140 valence electrons. The van der Waals surface area contributed by atoms with E-state index in [2.05, 4.69) is 9.97 Å². The number of aryl methyl sites for hydroxylation is 1. The first kappa shape index (κ1) is 17.3. The third kappa shape index (κ3) is 3.09. The van der Waals surface area contributed by atoms with Crippen molar-refractivity contribution in [2.45, 2.75) is 6.18 Å². The number of halogens is 3. The molecule has 0 aliphatic carbocycles. The number of alkyl halides is 3. The van der Waals surface area contributed by atoms with Gasteiger partial charge >= 0.3 is 6.18 Å². The van der Waals surface area contributed by atoms with Gasteiger partial charge in [-0.1, -0.05) is 0 Å². The highest BCUT2D eigenvalue weighted by Gasteiger charge is 2.31. The molecular formula is C18H16F3N5O. The summed E-state index contributed by atoms with van der Waals surface area (Å²) in [5, 5.41) is 0. The van der Waals surface area contributed by atoms with Crippen LogP contribution in [0.3, 0.4) is 0 Å². The molecule has 4 rings (SSSR count). The van der Waals surface area contributed by atoms with Crippen LogP contribution in [0.4, 0.5) is 24.8 Å². The van der Waals surface area contributed by atoms with Gasteiger partial charge in [-0.15, -0.1) is 0 Å². The zero-order valence-corrected chi connectivity index (χ0v) is 14.4. The molecule has 2 aromatic heterocycles. The third-order valence-corrected chi connectivity index (χ3v) is 4.67. The Bertz CT molecular complexity index is 996. The average Bonchev–Trinajstić information content (AvgIpc) is 2.98. The molecule has 3 heterocycles. The fraction of sp³-hybridized carbons (Fsp3) is 0.278. The van der Waals surface area contributed by atoms with E-state index in [1.165, 1.54) is 17.0 Å². The molecule has 1 amide bonds. The van der Waals surface area contributed by atoms with Gasteiger partial charge in [0.1, 0.15) is 12.1 Å². The van der Waals surface area contributed by atoms with Crippen LogP contribution in [0, 0.1) is 0 Å². The Kier molecular flexibility index (Phi) is 4.01. The summed E-state index contributed by atoms with van der Waals surface area (Å²) >= 11 is 0. The van der Waals surface area contributed by atoms with Gasteiger partial charge < -0.3 is 14.4 Å². The lowest BCUT2D eigenvalue weighted by atomic mass is 10.1. The maximum Gasteiger partial charge on any atom is 0.416 e. The molecule has 1 aliphatic heterocycles. The van der Waals surface area contributed by atoms with Crippen LogP contribution in [0.5, 0.6) is 0 Å². The summed E-state index contributed by atoms with van der Waals surface area (Å²) in [4.78, 5) is 24.6. The van der Waals surface area contributed by atoms with E-state index in [0.717, 1.165) is 23.2 Å². The minimum absolute atomic E-state index is 0.103. The van der Waals surface area contributed by atoms with Crippen LogP contribution in [-0.4, -0.2) is 40.1 Å². The zero-order valence-electron chi connectivity index (χ0n) is 14.4. The van der Waals surface area contributed by atoms with Gasteiger partial charge in [0.15, 0.2) is 0 Å². The topological polar surface area (TPSA) is 54.3 Å². The summed E-state index contributed by atoms with van der Waals surface area (Å²) in [6.45, 7) is 0.995. The predicted molar refractivity (Wildman–Crippen MR) is 94.5 cm³/mol. The van der Waals surface area contributed by atoms with E-state index in [1.807, 2.05) is 22.6 Å². The second-order valence-corrected chi connectivity index (χ2v) is 6.35. The van der Waals surface area contributed by atoms with Crippen molar-refractivity contribution in [2.75, 3.05) is 29.4 Å². The number of anilines is 2. The average molecular weight is 375 g/mol. The number of hydrogen-bond donors (Lipinski definition) is 0. The van der Waals surface area contributed by atoms with Crippen molar-refractivity contribution in [3.8, 4) is 0 Å². The Morgan fingerprint density at radius 1 is 1.07 bits per heavy atom. The molecule has 6 nitrogen and oxygen atoms in total. The minimum atomic E-state index is -4.39. The highest BCUT2D eigenvalue weighted by Crippen LogP contribution is 2.31. The highest BCUT2D eigenvalue weighted by molar-refractivity contribution is 5.97. The lowest BCUT2D eigenvalue weighted by Crippen LogP contribution is -2.51. The number of fused-ring (bicyclic) bond motifs is 1. The Labute approximate surface area is 152 Å². The van der Waals surface area contributed by atoms with Crippen LogP contribution in [0.1, 0.15) is 5.56 Å². The number of aromatic nitrogens is 3. The summed E-state index contributed by atoms with van der Waals surface area (Å²) in [6, 6.07) is 6.50. The molecule has 0 N–H and O–H groups in total. The maximum absolute atomic E-state index is 12.7. The molecule has 0 spiro atoms. The van der Waals surface area contributed by atoms with Crippen molar-refractivity contribution < 1.29 is 18.0 Å². The number of pyridine rings is 1. The Morgan fingerprint density at radius 2 is 1.81 bits per heavy atom. The molecule has 0 unspecified atom stereocenters. The number of piperazine rings is 1. The second kappa shape index (κ2) is 6.26. The lowest BCUT2D eigenvalue weighted by Gasteiger charge is -2.34. The maximum atomic E-state index is 12.7. The van der Waals surface area contributed by atoms with Gasteiger partial charge in [-0.05, 0) is 30.3 Å². The Balaban J connectivity index is 1.54. The van der Waals surface area contributed by atoms with Crippen LogP contribution < -0.4 is 9.80 Å². The fourth-order valence-corrected chi connectivity index (χ4v) is 3.27. The van der Waals surface area contributed by atoms with Crippen molar-refractivity contribution in [1.82, 2.24) is 14.5 Å². The molecule has 0 saturated carbocycles. The molecule has 0 bridgehead atoms. The molecule has 9 heteroatoms. The normalized spacial score (nSPS) is 15.6. The first-order valence-corrected chi connectivity index (χ1v) is 8.33. The molecule has 1 aliphatic rings. The van der Waals surface area contributed by atoms with Gasteiger partial charge in [0, 0.05) is 32.0 Å². The predicted octanol–water partition coefficient (Wildman–Crippen LogP) is 2.84. The van der Waals surface area contributed by atoms with Gasteiger partial charge in [-0.25, -0.2) is 4.98 Å². The van der Waals surface area contributed by atoms with Gasteiger partial charge in [0.25, 0.3) is 0 Å². The van der Waals surface area contributed by atoms with E-state index in [-0.39, 0.29) is 12.5 Å². The monoisotopic (exact) mass is 375 g/mol. The zero-order chi connectivity index (χ0) is 19.2. The number of amides is 1. The van der Waals surface area contributed by atoms with Gasteiger partial charge in [-0.3, -0.25) is 9.78 Å². The number of rotatable bonds is 2. The van der Waals surface area contributed by atoms with Crippen molar-refractivity contribution in [2.24, 2.45) is 7.05 Å². The van der Waals surface area contributed by atoms with E-state index in [0.29, 0.717) is 24.7 Å². The number of carbonyl (C=O) groups is 1. The summed E-state index contributed by atoms with van der Waals surface area (Å²) in [5.41, 5.74) is 1.39. The molecule has 1 aromatic carbocycles. The van der Waals surface area contributed by atoms with Gasteiger partial charge in [0.05, 0.1) is 17.3 Å². The van der Waals surface area contributed by atoms with E-state index < -0.39 is 11.7 Å². The smallest absolute Gasteiger partial charge is 0.331 e. The standard InChI is InChI=1S/C18H16F3N5O/c1-24-15-6-7-22-10-14(15)23-17(24)25-8-9-26(16(27)11-25)13-4-2-12(3-5-13)18(19,20)21/h2-7,10H,8-9,11H2,1H3. The van der Waals surface area contributed by atoms with E-state index in [4.69, 9.17) is 0 Å². The van der Waals surface area contributed by atoms with Crippen molar-refractivity contribution >= 4 is 28.6 Å². The van der Waals surface area contributed by atoms with Crippen LogP contribution in [0.2, 0.25) is 0 Å². The number of carbonyl (C=O) groups excluding carboxylic acids is 1. The Hall–Kier alpha value is -3.10. The molecule has 0 atom stereocenters. The highest BCUT2D eigenvalue weighted by atomic mass is 19.4. The van der Waals surface area contributed by atoms with Crippen LogP contribution in [-0.2, 0) is 18.0 Å². The second-order valence-electron chi connectivity index (χ2n) is 6.35. The minimum Gasteiger partial charge on any atom is -0.331 e. The largest absolute Gasteiger partial charge is 0.416 e. The van der Waals surface area contributed by atoms with E-state index in [9.17, 15) is 18.0 Å². The van der Waals surface area contributed by atoms with Crippen LogP contribution in [0.25, 0.3) is 11.0 Å². The van der Waals surface area contributed by atoms with Crippen molar-refractivity contribution in [3.05, 3.63) is 48.3 Å². The number of benzene rings is 1. The number of nitrogens with zero attached hydrogens (tertiary/aromatic N) is 5. The van der Waals surface area contributed by atoms with Crippen molar-refractivity contribution in [3.63, 3.8) is 0 Å². The summed E-state index contributed by atoms with van der Waals surface area (Å²) in [6.07, 6.45) is -1.04. The molecule has 0 radical (unpaired) electrons. The molecule has 27 heavy (non-hydrogen) atoms. The van der Waals surface area contributed by atoms with Crippen LogP contribution in [0.15, 0.2) is 42.7 Å².